The van der Waals surface area contributed by atoms with Gasteiger partial charge in [0, 0.05) is 37.4 Å². The lowest BCUT2D eigenvalue weighted by Gasteiger charge is -2.20. The molecule has 0 aromatic heterocycles. The Kier molecular flexibility index (Phi) is 8.30. The summed E-state index contributed by atoms with van der Waals surface area (Å²) in [4.78, 5) is 19.5. The van der Waals surface area contributed by atoms with E-state index >= 15 is 0 Å². The van der Waals surface area contributed by atoms with Gasteiger partial charge in [0.15, 0.2) is 0 Å². The molecule has 2 heterocycles. The molecule has 2 aliphatic heterocycles. The first-order valence-corrected chi connectivity index (χ1v) is 14.3. The normalized spacial score (nSPS) is 16.0. The Balaban J connectivity index is 1.17. The molecule has 39 heavy (non-hydrogen) atoms. The molecule has 0 aliphatic carbocycles. The molecule has 1 atom stereocenters. The van der Waals surface area contributed by atoms with Gasteiger partial charge in [-0.3, -0.25) is 9.79 Å². The third-order valence-corrected chi connectivity index (χ3v) is 8.12. The molecule has 0 saturated carbocycles. The van der Waals surface area contributed by atoms with Crippen molar-refractivity contribution in [2.75, 3.05) is 26.9 Å². The lowest BCUT2D eigenvalue weighted by molar-refractivity contribution is 0.0774. The van der Waals surface area contributed by atoms with Gasteiger partial charge < -0.3 is 23.8 Å². The van der Waals surface area contributed by atoms with E-state index in [9.17, 15) is 4.79 Å². The summed E-state index contributed by atoms with van der Waals surface area (Å²) in [6.45, 7) is 7.82. The highest BCUT2D eigenvalue weighted by molar-refractivity contribution is 14.1. The van der Waals surface area contributed by atoms with Crippen LogP contribution in [-0.4, -0.2) is 49.9 Å². The van der Waals surface area contributed by atoms with Crippen molar-refractivity contribution in [2.24, 2.45) is 4.99 Å². The molecule has 3 aromatic rings. The van der Waals surface area contributed by atoms with Crippen LogP contribution in [0.4, 0.5) is 5.69 Å². The molecule has 0 unspecified atom stereocenters. The molecule has 0 bridgehead atoms. The fraction of sp³-hybridized carbons (Fsp3) is 0.355. The Morgan fingerprint density at radius 1 is 0.949 bits per heavy atom. The maximum Gasteiger partial charge on any atom is 0.256 e. The number of aliphatic imine (C=N–C) groups is 1. The van der Waals surface area contributed by atoms with Crippen LogP contribution in [0, 0.1) is 24.3 Å². The first-order chi connectivity index (χ1) is 18.8. The molecule has 2 aliphatic rings. The van der Waals surface area contributed by atoms with Crippen molar-refractivity contribution < 1.29 is 23.7 Å². The number of benzene rings is 3. The van der Waals surface area contributed by atoms with E-state index in [1.54, 1.807) is 7.11 Å². The lowest BCUT2D eigenvalue weighted by Crippen LogP contribution is -2.35. The highest BCUT2D eigenvalue weighted by Gasteiger charge is 2.32. The van der Waals surface area contributed by atoms with E-state index in [4.69, 9.17) is 18.9 Å². The van der Waals surface area contributed by atoms with Crippen LogP contribution in [0.1, 0.15) is 46.3 Å². The fourth-order valence-electron chi connectivity index (χ4n) is 4.91. The lowest BCUT2D eigenvalue weighted by atomic mass is 10.1. The molecule has 0 radical (unpaired) electrons. The summed E-state index contributed by atoms with van der Waals surface area (Å²) in [5.41, 5.74) is 4.47. The molecule has 1 amide bonds. The minimum atomic E-state index is 0.0607. The second kappa shape index (κ2) is 11.9. The van der Waals surface area contributed by atoms with Crippen LogP contribution < -0.4 is 18.9 Å². The van der Waals surface area contributed by atoms with E-state index in [1.165, 1.54) is 0 Å². The molecule has 1 fully saturated rings. The van der Waals surface area contributed by atoms with E-state index in [0.29, 0.717) is 30.9 Å². The highest BCUT2D eigenvalue weighted by Crippen LogP contribution is 2.35. The molecule has 3 aromatic carbocycles. The fourth-order valence-corrected chi connectivity index (χ4v) is 5.35. The molecular weight excluding hydrogens is 607 g/mol. The van der Waals surface area contributed by atoms with E-state index in [2.05, 4.69) is 27.6 Å². The number of fused-ring (bicyclic) bond motifs is 2. The van der Waals surface area contributed by atoms with E-state index in [-0.39, 0.29) is 11.9 Å². The summed E-state index contributed by atoms with van der Waals surface area (Å²) in [6, 6.07) is 13.6. The smallest absolute Gasteiger partial charge is 0.256 e. The first-order valence-electron chi connectivity index (χ1n) is 13.2. The summed E-state index contributed by atoms with van der Waals surface area (Å²) in [5, 5.41) is 0. The maximum atomic E-state index is 13.0. The van der Waals surface area contributed by atoms with Crippen molar-refractivity contribution in [3.05, 3.63) is 68.3 Å². The predicted molar refractivity (Wildman–Crippen MR) is 161 cm³/mol. The van der Waals surface area contributed by atoms with Gasteiger partial charge in [-0.1, -0.05) is 0 Å². The number of carbonyl (C=O) groups is 1. The van der Waals surface area contributed by atoms with Gasteiger partial charge in [0.05, 0.1) is 41.2 Å². The molecule has 5 rings (SSSR count). The van der Waals surface area contributed by atoms with E-state index in [0.717, 1.165) is 68.4 Å². The zero-order chi connectivity index (χ0) is 27.5. The largest absolute Gasteiger partial charge is 0.496 e. The quantitative estimate of drug-likeness (QED) is 0.183. The Hall–Kier alpha value is -3.27. The average Bonchev–Trinajstić information content (AvgIpc) is 3.35. The molecule has 1 saturated heterocycles. The number of nitrogens with zero attached hydrogens (tertiary/aromatic N) is 2. The number of rotatable bonds is 9. The van der Waals surface area contributed by atoms with Gasteiger partial charge in [0.1, 0.15) is 28.7 Å². The highest BCUT2D eigenvalue weighted by atomic mass is 127. The summed E-state index contributed by atoms with van der Waals surface area (Å²) >= 11 is 2.26. The van der Waals surface area contributed by atoms with Crippen molar-refractivity contribution in [3.8, 4) is 28.7 Å². The van der Waals surface area contributed by atoms with E-state index < -0.39 is 0 Å². The minimum absolute atomic E-state index is 0.0607. The Labute approximate surface area is 243 Å². The van der Waals surface area contributed by atoms with Crippen molar-refractivity contribution in [1.29, 1.82) is 0 Å². The van der Waals surface area contributed by atoms with Gasteiger partial charge in [-0.2, -0.15) is 0 Å². The number of ether oxygens (including phenoxy) is 4. The second-order valence-electron chi connectivity index (χ2n) is 9.93. The molecule has 0 spiro atoms. The number of hydrogen-bond acceptors (Lipinski definition) is 6. The van der Waals surface area contributed by atoms with Crippen LogP contribution >= 0.6 is 22.6 Å². The number of amides is 1. The molecule has 8 heteroatoms. The van der Waals surface area contributed by atoms with Crippen LogP contribution in [0.2, 0.25) is 0 Å². The van der Waals surface area contributed by atoms with Gasteiger partial charge in [-0.15, -0.1) is 0 Å². The standard InChI is InChI=1S/C31H33IN2O5/c1-19-13-24(16-29(36-4)21(19)3)39-30-15-23(8-9-26(30)32)37-11-6-12-38-28-17-27-25(14-20(28)2)31(35)34-10-5-7-22(34)18-33-27/h8-9,13-18,22H,5-7,10-12H2,1-4H3/t22-/m0/s1. The Morgan fingerprint density at radius 3 is 2.56 bits per heavy atom. The monoisotopic (exact) mass is 640 g/mol. The number of halogens is 1. The van der Waals surface area contributed by atoms with Crippen molar-refractivity contribution in [3.63, 3.8) is 0 Å². The summed E-state index contributed by atoms with van der Waals surface area (Å²) in [6.07, 6.45) is 4.60. The average molecular weight is 641 g/mol. The van der Waals surface area contributed by atoms with Gasteiger partial charge in [-0.05, 0) is 97.2 Å². The van der Waals surface area contributed by atoms with Crippen molar-refractivity contribution in [2.45, 2.75) is 46.1 Å². The van der Waals surface area contributed by atoms with Crippen LogP contribution in [0.3, 0.4) is 0 Å². The molecule has 204 valence electrons. The zero-order valence-electron chi connectivity index (χ0n) is 22.8. The predicted octanol–water partition coefficient (Wildman–Crippen LogP) is 7.19. The third kappa shape index (κ3) is 6.00. The summed E-state index contributed by atoms with van der Waals surface area (Å²) < 4.78 is 24.7. The Morgan fingerprint density at radius 2 is 1.74 bits per heavy atom. The minimum Gasteiger partial charge on any atom is -0.496 e. The van der Waals surface area contributed by atoms with Crippen LogP contribution in [0.25, 0.3) is 0 Å². The number of aryl methyl sites for hydroxylation is 2. The molecule has 7 nitrogen and oxygen atoms in total. The summed E-state index contributed by atoms with van der Waals surface area (Å²) in [5.74, 6) is 3.79. The van der Waals surface area contributed by atoms with Gasteiger partial charge in [0.2, 0.25) is 0 Å². The van der Waals surface area contributed by atoms with Crippen LogP contribution in [-0.2, 0) is 0 Å². The number of methoxy groups -OCH3 is 1. The van der Waals surface area contributed by atoms with Crippen molar-refractivity contribution in [1.82, 2.24) is 4.90 Å². The van der Waals surface area contributed by atoms with Gasteiger partial charge >= 0.3 is 0 Å². The Bertz CT molecular complexity index is 1420. The molecule has 0 N–H and O–H groups in total. The zero-order valence-corrected chi connectivity index (χ0v) is 24.9. The van der Waals surface area contributed by atoms with Gasteiger partial charge in [0.25, 0.3) is 5.91 Å². The first kappa shape index (κ1) is 27.3. The van der Waals surface area contributed by atoms with Gasteiger partial charge in [-0.25, -0.2) is 0 Å². The van der Waals surface area contributed by atoms with E-state index in [1.807, 2.05) is 74.4 Å². The second-order valence-corrected chi connectivity index (χ2v) is 11.1. The van der Waals surface area contributed by atoms with Crippen molar-refractivity contribution >= 4 is 40.4 Å². The van der Waals surface area contributed by atoms with Crippen LogP contribution in [0.5, 0.6) is 28.7 Å². The molecular formula is C31H33IN2O5. The SMILES string of the molecule is COc1cc(Oc2cc(OCCCOc3cc4c(cc3C)C(=O)N3CCC[C@H]3C=N4)ccc2I)cc(C)c1C. The summed E-state index contributed by atoms with van der Waals surface area (Å²) in [7, 11) is 1.67. The third-order valence-electron chi connectivity index (χ3n) is 7.23. The van der Waals surface area contributed by atoms with Crippen LogP contribution in [0.15, 0.2) is 47.5 Å². The number of hydrogen-bond donors (Lipinski definition) is 0. The maximum absolute atomic E-state index is 13.0. The number of carbonyl (C=O) groups excluding carboxylic acids is 1. The topological polar surface area (TPSA) is 69.6 Å².